The van der Waals surface area contributed by atoms with Gasteiger partial charge in [0.05, 0.1) is 16.6 Å². The Hall–Kier alpha value is -2.37. The van der Waals surface area contributed by atoms with Crippen molar-refractivity contribution in [1.29, 1.82) is 0 Å². The summed E-state index contributed by atoms with van der Waals surface area (Å²) in [5.41, 5.74) is 1.21. The van der Waals surface area contributed by atoms with Gasteiger partial charge in [-0.2, -0.15) is 0 Å². The van der Waals surface area contributed by atoms with Crippen molar-refractivity contribution in [3.05, 3.63) is 29.6 Å². The molecule has 0 aliphatic heterocycles. The second kappa shape index (κ2) is 4.48. The number of aromatic carboxylic acids is 1. The van der Waals surface area contributed by atoms with E-state index in [-0.39, 0.29) is 18.0 Å². The molecule has 1 heterocycles. The van der Waals surface area contributed by atoms with Crippen LogP contribution in [-0.2, 0) is 11.3 Å². The molecule has 1 aromatic carbocycles. The predicted molar refractivity (Wildman–Crippen MR) is 65.5 cm³/mol. The molecule has 0 saturated heterocycles. The monoisotopic (exact) mass is 247 g/mol. The number of nitrogens with zero attached hydrogens (tertiary/aromatic N) is 2. The number of nitrogens with one attached hydrogen (secondary N) is 1. The molecule has 2 aromatic rings. The Morgan fingerprint density at radius 3 is 2.78 bits per heavy atom. The van der Waals surface area contributed by atoms with E-state index in [4.69, 9.17) is 5.11 Å². The highest BCUT2D eigenvalue weighted by molar-refractivity contribution is 6.01. The second-order valence-corrected chi connectivity index (χ2v) is 3.90. The van der Waals surface area contributed by atoms with Gasteiger partial charge in [-0.1, -0.05) is 6.07 Å². The molecule has 0 radical (unpaired) electrons. The summed E-state index contributed by atoms with van der Waals surface area (Å²) in [5, 5.41) is 11.7. The molecule has 0 aliphatic rings. The van der Waals surface area contributed by atoms with E-state index >= 15 is 0 Å². The van der Waals surface area contributed by atoms with Crippen LogP contribution in [0.15, 0.2) is 18.2 Å². The van der Waals surface area contributed by atoms with Crippen molar-refractivity contribution in [2.75, 3.05) is 7.05 Å². The number of imidazole rings is 1. The molecule has 94 valence electrons. The van der Waals surface area contributed by atoms with Crippen molar-refractivity contribution in [1.82, 2.24) is 14.9 Å². The average molecular weight is 247 g/mol. The van der Waals surface area contributed by atoms with E-state index < -0.39 is 5.97 Å². The lowest BCUT2D eigenvalue weighted by atomic mass is 10.2. The highest BCUT2D eigenvalue weighted by Crippen LogP contribution is 2.20. The molecule has 2 rings (SSSR count). The number of carbonyl (C=O) groups excluding carboxylic acids is 1. The number of carboxylic acids is 1. The lowest BCUT2D eigenvalue weighted by Crippen LogP contribution is -2.24. The molecule has 0 aliphatic carbocycles. The minimum Gasteiger partial charge on any atom is -0.478 e. The molecule has 6 heteroatoms. The topological polar surface area (TPSA) is 84.2 Å². The van der Waals surface area contributed by atoms with Crippen molar-refractivity contribution in [2.45, 2.75) is 13.5 Å². The van der Waals surface area contributed by atoms with Crippen LogP contribution in [0.2, 0.25) is 0 Å². The zero-order chi connectivity index (χ0) is 13.3. The highest BCUT2D eigenvalue weighted by atomic mass is 16.4. The number of aromatic nitrogens is 2. The number of benzene rings is 1. The molecule has 1 aromatic heterocycles. The van der Waals surface area contributed by atoms with E-state index in [1.54, 1.807) is 23.6 Å². The molecule has 0 spiro atoms. The third kappa shape index (κ3) is 1.92. The summed E-state index contributed by atoms with van der Waals surface area (Å²) in [6, 6.07) is 4.88. The van der Waals surface area contributed by atoms with Crippen LogP contribution in [0.1, 0.15) is 16.2 Å². The number of hydrogen-bond donors (Lipinski definition) is 2. The average Bonchev–Trinajstić information content (AvgIpc) is 2.65. The Morgan fingerprint density at radius 1 is 1.44 bits per heavy atom. The summed E-state index contributed by atoms with van der Waals surface area (Å²) in [5.74, 6) is -0.612. The Kier molecular flexibility index (Phi) is 3.01. The van der Waals surface area contributed by atoms with E-state index in [9.17, 15) is 9.59 Å². The molecule has 0 fully saturated rings. The van der Waals surface area contributed by atoms with Gasteiger partial charge in [0.1, 0.15) is 12.4 Å². The van der Waals surface area contributed by atoms with Gasteiger partial charge in [-0.3, -0.25) is 4.79 Å². The molecule has 0 saturated carbocycles. The number of carboxylic acid groups (broad SMARTS) is 1. The third-order valence-corrected chi connectivity index (χ3v) is 2.77. The number of amides is 1. The number of fused-ring (bicyclic) bond motifs is 1. The second-order valence-electron chi connectivity index (χ2n) is 3.90. The van der Waals surface area contributed by atoms with Crippen molar-refractivity contribution >= 4 is 22.9 Å². The maximum absolute atomic E-state index is 11.4. The third-order valence-electron chi connectivity index (χ3n) is 2.77. The zero-order valence-corrected chi connectivity index (χ0v) is 10.1. The van der Waals surface area contributed by atoms with Crippen LogP contribution in [0, 0.1) is 6.92 Å². The molecular weight excluding hydrogens is 234 g/mol. The smallest absolute Gasteiger partial charge is 0.337 e. The summed E-state index contributed by atoms with van der Waals surface area (Å²) in [6.07, 6.45) is 0. The van der Waals surface area contributed by atoms with E-state index in [1.807, 2.05) is 0 Å². The molecule has 18 heavy (non-hydrogen) atoms. The number of para-hydroxylation sites is 1. The van der Waals surface area contributed by atoms with Gasteiger partial charge < -0.3 is 15.0 Å². The Balaban J connectivity index is 2.67. The first kappa shape index (κ1) is 12.1. The highest BCUT2D eigenvalue weighted by Gasteiger charge is 2.16. The Bertz CT molecular complexity index is 631. The maximum Gasteiger partial charge on any atom is 0.337 e. The molecule has 0 bridgehead atoms. The van der Waals surface area contributed by atoms with E-state index in [2.05, 4.69) is 10.3 Å². The van der Waals surface area contributed by atoms with Gasteiger partial charge in [0.15, 0.2) is 0 Å². The predicted octanol–water partition coefficient (Wildman–Crippen LogP) is 0.789. The van der Waals surface area contributed by atoms with Gasteiger partial charge in [0, 0.05) is 7.05 Å². The van der Waals surface area contributed by atoms with Crippen LogP contribution in [0.4, 0.5) is 0 Å². The van der Waals surface area contributed by atoms with E-state index in [0.717, 1.165) is 0 Å². The van der Waals surface area contributed by atoms with Crippen molar-refractivity contribution in [3.8, 4) is 0 Å². The number of aryl methyl sites for hydroxylation is 1. The number of carbonyl (C=O) groups is 2. The molecular formula is C12H13N3O3. The fourth-order valence-corrected chi connectivity index (χ4v) is 1.89. The SMILES string of the molecule is CNC(=O)Cn1c(C)nc2cccc(C(=O)O)c21. The lowest BCUT2D eigenvalue weighted by Gasteiger charge is -2.07. The number of likely N-dealkylation sites (N-methyl/N-ethyl adjacent to an activating group) is 1. The number of rotatable bonds is 3. The maximum atomic E-state index is 11.4. The van der Waals surface area contributed by atoms with Crippen LogP contribution < -0.4 is 5.32 Å². The van der Waals surface area contributed by atoms with E-state index in [0.29, 0.717) is 16.9 Å². The van der Waals surface area contributed by atoms with Gasteiger partial charge in [0.2, 0.25) is 5.91 Å². The summed E-state index contributed by atoms with van der Waals surface area (Å²) in [6.45, 7) is 1.80. The first-order valence-corrected chi connectivity index (χ1v) is 5.44. The summed E-state index contributed by atoms with van der Waals surface area (Å²) < 4.78 is 1.61. The zero-order valence-electron chi connectivity index (χ0n) is 10.1. The first-order chi connectivity index (χ1) is 8.54. The fraction of sp³-hybridized carbons (Fsp3) is 0.250. The van der Waals surface area contributed by atoms with Crippen molar-refractivity contribution < 1.29 is 14.7 Å². The van der Waals surface area contributed by atoms with Crippen LogP contribution in [0.3, 0.4) is 0 Å². The Labute approximate surface area is 103 Å². The fourth-order valence-electron chi connectivity index (χ4n) is 1.89. The standard InChI is InChI=1S/C12H13N3O3/c1-7-14-9-5-3-4-8(12(17)18)11(9)15(7)6-10(16)13-2/h3-5H,6H2,1-2H3,(H,13,16)(H,17,18). The Morgan fingerprint density at radius 2 is 2.17 bits per heavy atom. The van der Waals surface area contributed by atoms with Gasteiger partial charge >= 0.3 is 5.97 Å². The van der Waals surface area contributed by atoms with Gasteiger partial charge in [-0.25, -0.2) is 9.78 Å². The van der Waals surface area contributed by atoms with Crippen LogP contribution >= 0.6 is 0 Å². The summed E-state index contributed by atoms with van der Waals surface area (Å²) >= 11 is 0. The van der Waals surface area contributed by atoms with Crippen LogP contribution in [0.5, 0.6) is 0 Å². The largest absolute Gasteiger partial charge is 0.478 e. The first-order valence-electron chi connectivity index (χ1n) is 5.44. The van der Waals surface area contributed by atoms with Gasteiger partial charge in [-0.15, -0.1) is 0 Å². The lowest BCUT2D eigenvalue weighted by molar-refractivity contribution is -0.121. The van der Waals surface area contributed by atoms with Crippen molar-refractivity contribution in [2.24, 2.45) is 0 Å². The van der Waals surface area contributed by atoms with Crippen LogP contribution in [0.25, 0.3) is 11.0 Å². The molecule has 2 N–H and O–H groups in total. The number of hydrogen-bond acceptors (Lipinski definition) is 3. The van der Waals surface area contributed by atoms with E-state index in [1.165, 1.54) is 13.1 Å². The minimum absolute atomic E-state index is 0.0587. The van der Waals surface area contributed by atoms with Crippen LogP contribution in [-0.4, -0.2) is 33.6 Å². The molecule has 0 unspecified atom stereocenters. The summed E-state index contributed by atoms with van der Waals surface area (Å²) in [7, 11) is 1.54. The minimum atomic E-state index is -1.03. The van der Waals surface area contributed by atoms with Gasteiger partial charge in [0.25, 0.3) is 0 Å². The normalized spacial score (nSPS) is 10.6. The molecule has 1 amide bonds. The molecule has 6 nitrogen and oxygen atoms in total. The quantitative estimate of drug-likeness (QED) is 0.839. The summed E-state index contributed by atoms with van der Waals surface area (Å²) in [4.78, 5) is 26.9. The molecule has 0 atom stereocenters. The van der Waals surface area contributed by atoms with Gasteiger partial charge in [-0.05, 0) is 19.1 Å². The van der Waals surface area contributed by atoms with Crippen molar-refractivity contribution in [3.63, 3.8) is 0 Å².